The molecule has 7 nitrogen and oxygen atoms in total. The Morgan fingerprint density at radius 1 is 1.03 bits per heavy atom. The van der Waals surface area contributed by atoms with Crippen molar-refractivity contribution in [2.24, 2.45) is 0 Å². The van der Waals surface area contributed by atoms with Gasteiger partial charge in [-0.05, 0) is 42.5 Å². The van der Waals surface area contributed by atoms with E-state index in [0.717, 1.165) is 28.7 Å². The van der Waals surface area contributed by atoms with Crippen molar-refractivity contribution in [3.63, 3.8) is 0 Å². The number of carboxylic acid groups (broad SMARTS) is 1. The summed E-state index contributed by atoms with van der Waals surface area (Å²) in [5.74, 6) is -1.15. The molecule has 1 atom stereocenters. The van der Waals surface area contributed by atoms with Crippen molar-refractivity contribution >= 4 is 18.0 Å². The van der Waals surface area contributed by atoms with Crippen molar-refractivity contribution in [3.05, 3.63) is 59.7 Å². The molecule has 0 saturated heterocycles. The Morgan fingerprint density at radius 2 is 1.62 bits per heavy atom. The molecule has 3 rings (SSSR count). The highest BCUT2D eigenvalue weighted by Crippen LogP contribution is 2.44. The van der Waals surface area contributed by atoms with Gasteiger partial charge in [-0.2, -0.15) is 0 Å². The zero-order valence-electron chi connectivity index (χ0n) is 20.1. The average Bonchev–Trinajstić information content (AvgIpc) is 3.11. The number of rotatable bonds is 11. The molecule has 0 bridgehead atoms. The molecule has 2 aromatic carbocycles. The van der Waals surface area contributed by atoms with Crippen LogP contribution in [0.25, 0.3) is 11.1 Å². The maximum Gasteiger partial charge on any atom is 0.407 e. The molecular weight excluding hydrogens is 432 g/mol. The highest BCUT2D eigenvalue weighted by Gasteiger charge is 2.29. The number of hydrogen-bond acceptors (Lipinski definition) is 4. The minimum absolute atomic E-state index is 0.0307. The molecule has 7 heteroatoms. The molecule has 1 aliphatic carbocycles. The summed E-state index contributed by atoms with van der Waals surface area (Å²) in [7, 11) is 0. The van der Waals surface area contributed by atoms with Gasteiger partial charge in [-0.25, -0.2) is 4.79 Å². The topological polar surface area (TPSA) is 95.9 Å². The standard InChI is InChI=1S/C27H34N2O5/c1-4-9-19(16-25(30)29(18(2)3)15-14-26(31)32)28-27(33)34-17-24-22-12-7-5-10-20(22)21-11-6-8-13-23(21)24/h5-8,10-13,18-19,24H,4,9,14-17H2,1-3H3,(H,28,33)(H,31,32)/t19-/m1/s1. The van der Waals surface area contributed by atoms with E-state index >= 15 is 0 Å². The highest BCUT2D eigenvalue weighted by molar-refractivity contribution is 5.80. The maximum atomic E-state index is 12.8. The summed E-state index contributed by atoms with van der Waals surface area (Å²) in [6.45, 7) is 6.06. The van der Waals surface area contributed by atoms with Gasteiger partial charge in [0.15, 0.2) is 0 Å². The monoisotopic (exact) mass is 466 g/mol. The predicted molar refractivity (Wildman–Crippen MR) is 131 cm³/mol. The van der Waals surface area contributed by atoms with Crippen molar-refractivity contribution in [1.29, 1.82) is 0 Å². The Balaban J connectivity index is 1.61. The molecule has 2 amide bonds. The number of carbonyl (C=O) groups is 3. The van der Waals surface area contributed by atoms with Crippen molar-refractivity contribution in [3.8, 4) is 11.1 Å². The molecule has 34 heavy (non-hydrogen) atoms. The third kappa shape index (κ3) is 6.16. The molecule has 2 aromatic rings. The maximum absolute atomic E-state index is 12.8. The Bertz CT molecular complexity index is 974. The Kier molecular flexibility index (Phi) is 8.68. The zero-order chi connectivity index (χ0) is 24.7. The zero-order valence-corrected chi connectivity index (χ0v) is 20.1. The largest absolute Gasteiger partial charge is 0.481 e. The minimum atomic E-state index is -0.944. The smallest absolute Gasteiger partial charge is 0.407 e. The van der Waals surface area contributed by atoms with Crippen LogP contribution in [-0.4, -0.2) is 53.2 Å². The van der Waals surface area contributed by atoms with Crippen LogP contribution in [0.3, 0.4) is 0 Å². The van der Waals surface area contributed by atoms with E-state index in [1.807, 2.05) is 45.0 Å². The van der Waals surface area contributed by atoms with Gasteiger partial charge in [0.05, 0.1) is 6.42 Å². The number of carbonyl (C=O) groups excluding carboxylic acids is 2. The number of fused-ring (bicyclic) bond motifs is 3. The molecule has 182 valence electrons. The summed E-state index contributed by atoms with van der Waals surface area (Å²) in [5, 5.41) is 11.8. The quantitative estimate of drug-likeness (QED) is 0.496. The molecule has 0 aromatic heterocycles. The third-order valence-corrected chi connectivity index (χ3v) is 6.23. The Hall–Kier alpha value is -3.35. The van der Waals surface area contributed by atoms with E-state index in [4.69, 9.17) is 9.84 Å². The number of nitrogens with zero attached hydrogens (tertiary/aromatic N) is 1. The Labute approximate surface area is 201 Å². The van der Waals surface area contributed by atoms with Crippen LogP contribution in [0.2, 0.25) is 0 Å². The number of hydrogen-bond donors (Lipinski definition) is 2. The molecule has 0 saturated carbocycles. The van der Waals surface area contributed by atoms with Crippen molar-refractivity contribution < 1.29 is 24.2 Å². The predicted octanol–water partition coefficient (Wildman–Crippen LogP) is 4.80. The van der Waals surface area contributed by atoms with Crippen LogP contribution in [0.15, 0.2) is 48.5 Å². The van der Waals surface area contributed by atoms with E-state index in [2.05, 4.69) is 29.6 Å². The fraction of sp³-hybridized carbons (Fsp3) is 0.444. The SMILES string of the molecule is CCC[C@H](CC(=O)N(CCC(=O)O)C(C)C)NC(=O)OCC1c2ccccc2-c2ccccc21. The number of nitrogens with one attached hydrogen (secondary N) is 1. The lowest BCUT2D eigenvalue weighted by Crippen LogP contribution is -2.44. The average molecular weight is 467 g/mol. The van der Waals surface area contributed by atoms with Gasteiger partial charge in [0, 0.05) is 31.0 Å². The second kappa shape index (κ2) is 11.7. The fourth-order valence-corrected chi connectivity index (χ4v) is 4.60. The number of ether oxygens (including phenoxy) is 1. The van der Waals surface area contributed by atoms with Crippen molar-refractivity contribution in [2.75, 3.05) is 13.2 Å². The van der Waals surface area contributed by atoms with E-state index in [-0.39, 0.29) is 49.9 Å². The molecular formula is C27H34N2O5. The molecule has 0 radical (unpaired) electrons. The first kappa shape index (κ1) is 25.3. The summed E-state index contributed by atoms with van der Waals surface area (Å²) in [5.41, 5.74) is 4.61. The third-order valence-electron chi connectivity index (χ3n) is 6.23. The molecule has 2 N–H and O–H groups in total. The number of benzene rings is 2. The number of alkyl carbamates (subject to hydrolysis) is 1. The van der Waals surface area contributed by atoms with Crippen molar-refractivity contribution in [1.82, 2.24) is 10.2 Å². The van der Waals surface area contributed by atoms with Gasteiger partial charge in [0.2, 0.25) is 5.91 Å². The van der Waals surface area contributed by atoms with Crippen LogP contribution in [0.1, 0.15) is 63.5 Å². The minimum Gasteiger partial charge on any atom is -0.481 e. The van der Waals surface area contributed by atoms with Gasteiger partial charge in [-0.3, -0.25) is 9.59 Å². The molecule has 0 heterocycles. The summed E-state index contributed by atoms with van der Waals surface area (Å²) in [4.78, 5) is 38.0. The summed E-state index contributed by atoms with van der Waals surface area (Å²) >= 11 is 0. The van der Waals surface area contributed by atoms with Gasteiger partial charge in [0.1, 0.15) is 6.61 Å². The fourth-order valence-electron chi connectivity index (χ4n) is 4.60. The summed E-state index contributed by atoms with van der Waals surface area (Å²) in [6, 6.07) is 15.8. The highest BCUT2D eigenvalue weighted by atomic mass is 16.5. The van der Waals surface area contributed by atoms with Gasteiger partial charge < -0.3 is 20.1 Å². The van der Waals surface area contributed by atoms with Crippen LogP contribution >= 0.6 is 0 Å². The van der Waals surface area contributed by atoms with Crippen LogP contribution in [0, 0.1) is 0 Å². The molecule has 0 unspecified atom stereocenters. The summed E-state index contributed by atoms with van der Waals surface area (Å²) in [6.07, 6.45) is 0.867. The summed E-state index contributed by atoms with van der Waals surface area (Å²) < 4.78 is 5.63. The Morgan fingerprint density at radius 3 is 2.15 bits per heavy atom. The van der Waals surface area contributed by atoms with Gasteiger partial charge in [-0.1, -0.05) is 61.9 Å². The first-order valence-electron chi connectivity index (χ1n) is 11.9. The normalized spacial score (nSPS) is 13.2. The first-order valence-corrected chi connectivity index (χ1v) is 11.9. The van der Waals surface area contributed by atoms with Crippen LogP contribution in [0.5, 0.6) is 0 Å². The number of carboxylic acids is 1. The van der Waals surface area contributed by atoms with Crippen LogP contribution in [-0.2, 0) is 14.3 Å². The van der Waals surface area contributed by atoms with Gasteiger partial charge in [-0.15, -0.1) is 0 Å². The van der Waals surface area contributed by atoms with Crippen LogP contribution < -0.4 is 5.32 Å². The van der Waals surface area contributed by atoms with E-state index in [1.54, 1.807) is 4.90 Å². The lowest BCUT2D eigenvalue weighted by molar-refractivity contribution is -0.139. The van der Waals surface area contributed by atoms with Crippen LogP contribution in [0.4, 0.5) is 4.79 Å². The number of aliphatic carboxylic acids is 1. The first-order chi connectivity index (χ1) is 16.3. The lowest BCUT2D eigenvalue weighted by Gasteiger charge is -2.28. The molecule has 0 spiro atoms. The van der Waals surface area contributed by atoms with Crippen molar-refractivity contribution in [2.45, 2.75) is 64.5 Å². The second-order valence-electron chi connectivity index (χ2n) is 8.98. The molecule has 0 aliphatic heterocycles. The van der Waals surface area contributed by atoms with Gasteiger partial charge in [0.25, 0.3) is 0 Å². The molecule has 1 aliphatic rings. The molecule has 0 fully saturated rings. The number of amides is 2. The lowest BCUT2D eigenvalue weighted by atomic mass is 9.98. The second-order valence-corrected chi connectivity index (χ2v) is 8.98. The van der Waals surface area contributed by atoms with Gasteiger partial charge >= 0.3 is 12.1 Å². The van der Waals surface area contributed by atoms with E-state index in [9.17, 15) is 14.4 Å². The van der Waals surface area contributed by atoms with E-state index in [1.165, 1.54) is 0 Å². The van der Waals surface area contributed by atoms with E-state index in [0.29, 0.717) is 6.42 Å². The van der Waals surface area contributed by atoms with E-state index < -0.39 is 12.1 Å².